The molecule has 0 spiro atoms. The lowest BCUT2D eigenvalue weighted by Crippen LogP contribution is -2.48. The van der Waals surface area contributed by atoms with Gasteiger partial charge in [-0.1, -0.05) is 20.3 Å². The van der Waals surface area contributed by atoms with Crippen LogP contribution in [0.1, 0.15) is 40.0 Å². The smallest absolute Gasteiger partial charge is 0.191 e. The van der Waals surface area contributed by atoms with Gasteiger partial charge in [0.2, 0.25) is 0 Å². The molecular weight excluding hydrogens is 226 g/mol. The van der Waals surface area contributed by atoms with Crippen LogP contribution in [0.25, 0.3) is 0 Å². The van der Waals surface area contributed by atoms with Crippen LogP contribution in [0.4, 0.5) is 0 Å². The zero-order chi connectivity index (χ0) is 13.2. The van der Waals surface area contributed by atoms with Gasteiger partial charge in [-0.2, -0.15) is 0 Å². The highest BCUT2D eigenvalue weighted by atomic mass is 16.5. The van der Waals surface area contributed by atoms with Crippen LogP contribution in [-0.2, 0) is 4.74 Å². The molecule has 1 aliphatic carbocycles. The normalized spacial score (nSPS) is 32.8. The molecule has 104 valence electrons. The molecule has 1 heterocycles. The van der Waals surface area contributed by atoms with E-state index in [0.29, 0.717) is 17.3 Å². The van der Waals surface area contributed by atoms with Crippen molar-refractivity contribution in [2.24, 2.45) is 22.1 Å². The van der Waals surface area contributed by atoms with Crippen LogP contribution in [0.5, 0.6) is 0 Å². The molecule has 0 bridgehead atoms. The molecule has 1 aliphatic heterocycles. The second-order valence-electron chi connectivity index (χ2n) is 6.40. The average Bonchev–Trinajstić information content (AvgIpc) is 2.65. The summed E-state index contributed by atoms with van der Waals surface area (Å²) in [4.78, 5) is 6.77. The van der Waals surface area contributed by atoms with E-state index in [1.165, 1.54) is 19.3 Å². The van der Waals surface area contributed by atoms with Crippen molar-refractivity contribution in [3.05, 3.63) is 0 Å². The van der Waals surface area contributed by atoms with Crippen molar-refractivity contribution in [1.82, 2.24) is 4.90 Å². The van der Waals surface area contributed by atoms with Gasteiger partial charge in [0.25, 0.3) is 0 Å². The van der Waals surface area contributed by atoms with E-state index < -0.39 is 0 Å². The summed E-state index contributed by atoms with van der Waals surface area (Å²) in [5.74, 6) is 1.39. The van der Waals surface area contributed by atoms with E-state index in [9.17, 15) is 0 Å². The summed E-state index contributed by atoms with van der Waals surface area (Å²) in [7, 11) is 0. The van der Waals surface area contributed by atoms with Crippen LogP contribution in [0.15, 0.2) is 4.99 Å². The first-order chi connectivity index (χ1) is 8.49. The number of rotatable bonds is 2. The third-order valence-electron chi connectivity index (χ3n) is 4.52. The van der Waals surface area contributed by atoms with E-state index in [4.69, 9.17) is 10.5 Å². The molecule has 2 rings (SSSR count). The Hall–Kier alpha value is -0.770. The Morgan fingerprint density at radius 1 is 1.50 bits per heavy atom. The van der Waals surface area contributed by atoms with E-state index in [2.05, 4.69) is 30.7 Å². The van der Waals surface area contributed by atoms with E-state index in [1.54, 1.807) is 0 Å². The van der Waals surface area contributed by atoms with Crippen molar-refractivity contribution in [3.8, 4) is 0 Å². The minimum Gasteiger partial charge on any atom is -0.375 e. The fraction of sp³-hybridized carbons (Fsp3) is 0.929. The minimum absolute atomic E-state index is 0.260. The molecule has 0 amide bonds. The number of nitrogens with two attached hydrogens (primary N) is 1. The van der Waals surface area contributed by atoms with Crippen molar-refractivity contribution in [1.29, 1.82) is 0 Å². The van der Waals surface area contributed by atoms with E-state index >= 15 is 0 Å². The van der Waals surface area contributed by atoms with Gasteiger partial charge in [0.05, 0.1) is 12.7 Å². The Morgan fingerprint density at radius 2 is 2.28 bits per heavy atom. The van der Waals surface area contributed by atoms with Gasteiger partial charge in [0, 0.05) is 19.6 Å². The lowest BCUT2D eigenvalue weighted by Gasteiger charge is -2.32. The largest absolute Gasteiger partial charge is 0.375 e. The fourth-order valence-corrected chi connectivity index (χ4v) is 3.07. The Bertz CT molecular complexity index is 314. The topological polar surface area (TPSA) is 50.8 Å². The first-order valence-corrected chi connectivity index (χ1v) is 7.15. The fourth-order valence-electron chi connectivity index (χ4n) is 3.07. The molecule has 1 saturated carbocycles. The maximum absolute atomic E-state index is 6.10. The maximum Gasteiger partial charge on any atom is 0.191 e. The maximum atomic E-state index is 6.10. The molecule has 18 heavy (non-hydrogen) atoms. The number of morpholine rings is 1. The quantitative estimate of drug-likeness (QED) is 0.603. The Balaban J connectivity index is 1.88. The molecule has 4 heteroatoms. The molecular formula is C14H27N3O. The molecule has 2 N–H and O–H groups in total. The van der Waals surface area contributed by atoms with E-state index in [1.807, 2.05) is 0 Å². The molecule has 0 aromatic carbocycles. The highest BCUT2D eigenvalue weighted by Gasteiger charge is 2.34. The predicted octanol–water partition coefficient (Wildman–Crippen LogP) is 1.85. The number of hydrogen-bond donors (Lipinski definition) is 1. The third-order valence-corrected chi connectivity index (χ3v) is 4.52. The predicted molar refractivity (Wildman–Crippen MR) is 74.6 cm³/mol. The van der Waals surface area contributed by atoms with E-state index in [0.717, 1.165) is 26.2 Å². The van der Waals surface area contributed by atoms with Gasteiger partial charge in [0.1, 0.15) is 0 Å². The van der Waals surface area contributed by atoms with Gasteiger partial charge in [-0.3, -0.25) is 4.99 Å². The summed E-state index contributed by atoms with van der Waals surface area (Å²) in [5, 5.41) is 0. The monoisotopic (exact) mass is 253 g/mol. The minimum atomic E-state index is 0.260. The number of ether oxygens (including phenoxy) is 1. The summed E-state index contributed by atoms with van der Waals surface area (Å²) in [6.45, 7) is 10.2. The lowest BCUT2D eigenvalue weighted by atomic mass is 9.82. The molecule has 2 fully saturated rings. The third kappa shape index (κ3) is 3.16. The second-order valence-corrected chi connectivity index (χ2v) is 6.40. The molecule has 2 atom stereocenters. The Labute approximate surface area is 111 Å². The zero-order valence-corrected chi connectivity index (χ0v) is 12.0. The number of aliphatic imine (C=N–C) groups is 1. The second kappa shape index (κ2) is 5.47. The first kappa shape index (κ1) is 13.7. The highest BCUT2D eigenvalue weighted by molar-refractivity contribution is 5.78. The van der Waals surface area contributed by atoms with Crippen molar-refractivity contribution >= 4 is 5.96 Å². The number of guanidine groups is 1. The first-order valence-electron chi connectivity index (χ1n) is 7.15. The molecule has 0 aromatic heterocycles. The summed E-state index contributed by atoms with van der Waals surface area (Å²) >= 11 is 0. The summed E-state index contributed by atoms with van der Waals surface area (Å²) in [6, 6.07) is 0. The van der Waals surface area contributed by atoms with Crippen LogP contribution < -0.4 is 5.73 Å². The average molecular weight is 253 g/mol. The number of hydrogen-bond acceptors (Lipinski definition) is 2. The van der Waals surface area contributed by atoms with Crippen LogP contribution in [-0.4, -0.2) is 43.2 Å². The van der Waals surface area contributed by atoms with Crippen molar-refractivity contribution < 1.29 is 4.74 Å². The highest BCUT2D eigenvalue weighted by Crippen LogP contribution is 2.42. The molecule has 2 aliphatic rings. The van der Waals surface area contributed by atoms with Crippen LogP contribution >= 0.6 is 0 Å². The van der Waals surface area contributed by atoms with Gasteiger partial charge >= 0.3 is 0 Å². The Morgan fingerprint density at radius 3 is 2.89 bits per heavy atom. The molecule has 1 saturated heterocycles. The zero-order valence-electron chi connectivity index (χ0n) is 12.0. The Kier molecular flexibility index (Phi) is 4.15. The van der Waals surface area contributed by atoms with Crippen molar-refractivity contribution in [2.75, 3.05) is 26.2 Å². The van der Waals surface area contributed by atoms with Gasteiger partial charge in [-0.15, -0.1) is 0 Å². The van der Waals surface area contributed by atoms with Crippen molar-refractivity contribution in [2.45, 2.75) is 46.1 Å². The molecule has 4 nitrogen and oxygen atoms in total. The van der Waals surface area contributed by atoms with Gasteiger partial charge in [-0.25, -0.2) is 0 Å². The summed E-state index contributed by atoms with van der Waals surface area (Å²) in [5.41, 5.74) is 6.53. The van der Waals surface area contributed by atoms with Crippen molar-refractivity contribution in [3.63, 3.8) is 0 Å². The summed E-state index contributed by atoms with van der Waals surface area (Å²) < 4.78 is 5.52. The molecule has 0 radical (unpaired) electrons. The lowest BCUT2D eigenvalue weighted by molar-refractivity contribution is 0.00524. The van der Waals surface area contributed by atoms with E-state index in [-0.39, 0.29) is 6.10 Å². The van der Waals surface area contributed by atoms with Gasteiger partial charge < -0.3 is 15.4 Å². The van der Waals surface area contributed by atoms with Crippen LogP contribution in [0.3, 0.4) is 0 Å². The van der Waals surface area contributed by atoms with Gasteiger partial charge in [-0.05, 0) is 31.1 Å². The standard InChI is InChI=1S/C14H27N3O/c1-11-10-17(7-8-18-11)13(15)16-9-12-5-4-6-14(12,2)3/h11-12H,4-10H2,1-3H3,(H2,15,16). The number of nitrogens with zero attached hydrogens (tertiary/aromatic N) is 2. The van der Waals surface area contributed by atoms with Gasteiger partial charge in [0.15, 0.2) is 5.96 Å². The van der Waals surface area contributed by atoms with Crippen LogP contribution in [0, 0.1) is 11.3 Å². The molecule has 0 aromatic rings. The molecule has 2 unspecified atom stereocenters. The summed E-state index contributed by atoms with van der Waals surface area (Å²) in [6.07, 6.45) is 4.21. The van der Waals surface area contributed by atoms with Crippen LogP contribution in [0.2, 0.25) is 0 Å². The SMILES string of the molecule is CC1CN(C(N)=NCC2CCCC2(C)C)CCO1.